The minimum absolute atomic E-state index is 0.00896. The predicted octanol–water partition coefficient (Wildman–Crippen LogP) is 4.43. The van der Waals surface area contributed by atoms with Crippen LogP contribution in [0.25, 0.3) is 5.76 Å². The number of likely N-dealkylation sites (N-methyl/N-ethyl adjacent to an activating group) is 1. The van der Waals surface area contributed by atoms with Crippen LogP contribution >= 0.6 is 11.6 Å². The molecular formula is C26H31ClN2O5. The van der Waals surface area contributed by atoms with Crippen LogP contribution in [0.5, 0.6) is 11.5 Å². The fourth-order valence-corrected chi connectivity index (χ4v) is 4.64. The van der Waals surface area contributed by atoms with Gasteiger partial charge in [-0.25, -0.2) is 0 Å². The Bertz CT molecular complexity index is 1090. The van der Waals surface area contributed by atoms with E-state index in [1.54, 1.807) is 43.5 Å². The molecule has 8 heteroatoms. The Morgan fingerprint density at radius 3 is 2.29 bits per heavy atom. The zero-order valence-electron chi connectivity index (χ0n) is 20.2. The Labute approximate surface area is 205 Å². The number of aliphatic hydroxyl groups is 1. The first-order valence-corrected chi connectivity index (χ1v) is 11.6. The Morgan fingerprint density at radius 2 is 1.74 bits per heavy atom. The van der Waals surface area contributed by atoms with E-state index in [-0.39, 0.29) is 22.6 Å². The molecule has 0 aromatic heterocycles. The van der Waals surface area contributed by atoms with E-state index in [0.717, 1.165) is 18.7 Å². The number of benzene rings is 2. The third-order valence-corrected chi connectivity index (χ3v) is 6.45. The quantitative estimate of drug-likeness (QED) is 0.321. The standard InChI is InChI=1S/C26H31ClN2O5/c1-6-28(7-2)12-13-29-22(17-8-10-18(33-4)11-9-17)21(24(31)26(29)32)23(30)19-14-16(3)15-20(27)25(19)34-5/h8-11,14-15,22,30H,6-7,12-13H2,1-5H3/b23-21+. The highest BCUT2D eigenvalue weighted by Crippen LogP contribution is 2.42. The molecular weight excluding hydrogens is 456 g/mol. The summed E-state index contributed by atoms with van der Waals surface area (Å²) in [6.07, 6.45) is 0. The third kappa shape index (κ3) is 4.91. The normalized spacial score (nSPS) is 17.5. The molecule has 1 N–H and O–H groups in total. The van der Waals surface area contributed by atoms with Gasteiger partial charge in [0.1, 0.15) is 17.3 Å². The summed E-state index contributed by atoms with van der Waals surface area (Å²) in [4.78, 5) is 30.1. The monoisotopic (exact) mass is 486 g/mol. The maximum atomic E-state index is 13.3. The van der Waals surface area contributed by atoms with E-state index < -0.39 is 17.7 Å². The summed E-state index contributed by atoms with van der Waals surface area (Å²) >= 11 is 6.34. The van der Waals surface area contributed by atoms with Gasteiger partial charge in [-0.2, -0.15) is 0 Å². The number of carbonyl (C=O) groups excluding carboxylic acids is 2. The Balaban J connectivity index is 2.19. The van der Waals surface area contributed by atoms with Crippen LogP contribution in [0, 0.1) is 6.92 Å². The topological polar surface area (TPSA) is 79.3 Å². The van der Waals surface area contributed by atoms with Crippen molar-refractivity contribution in [3.05, 3.63) is 63.7 Å². The summed E-state index contributed by atoms with van der Waals surface area (Å²) in [6.45, 7) is 8.52. The number of nitrogens with zero attached hydrogens (tertiary/aromatic N) is 2. The molecule has 1 unspecified atom stereocenters. The van der Waals surface area contributed by atoms with E-state index in [0.29, 0.717) is 29.4 Å². The Hall–Kier alpha value is -3.03. The summed E-state index contributed by atoms with van der Waals surface area (Å²) in [6, 6.07) is 9.77. The Morgan fingerprint density at radius 1 is 1.09 bits per heavy atom. The van der Waals surface area contributed by atoms with Crippen molar-refractivity contribution < 1.29 is 24.2 Å². The number of Topliss-reactive ketones (excluding diaryl/α,β-unsaturated/α-hetero) is 1. The molecule has 1 aliphatic rings. The highest BCUT2D eigenvalue weighted by Gasteiger charge is 2.46. The fourth-order valence-electron chi connectivity index (χ4n) is 4.29. The second-order valence-electron chi connectivity index (χ2n) is 8.12. The second kappa shape index (κ2) is 10.9. The van der Waals surface area contributed by atoms with Gasteiger partial charge in [0.2, 0.25) is 0 Å². The van der Waals surface area contributed by atoms with Crippen molar-refractivity contribution in [1.82, 2.24) is 9.80 Å². The van der Waals surface area contributed by atoms with E-state index in [1.807, 2.05) is 20.8 Å². The van der Waals surface area contributed by atoms with Crippen molar-refractivity contribution in [2.75, 3.05) is 40.4 Å². The average Bonchev–Trinajstić information content (AvgIpc) is 3.08. The van der Waals surface area contributed by atoms with E-state index in [9.17, 15) is 14.7 Å². The van der Waals surface area contributed by atoms with Gasteiger partial charge in [-0.15, -0.1) is 0 Å². The van der Waals surface area contributed by atoms with E-state index in [1.165, 1.54) is 12.0 Å². The SMILES string of the molecule is CCN(CC)CCN1C(=O)C(=O)/C(=C(/O)c2cc(C)cc(Cl)c2OC)C1c1ccc(OC)cc1. The fraction of sp³-hybridized carbons (Fsp3) is 0.385. The van der Waals surface area contributed by atoms with Crippen molar-refractivity contribution in [1.29, 1.82) is 0 Å². The smallest absolute Gasteiger partial charge is 0.295 e. The van der Waals surface area contributed by atoms with Crippen molar-refractivity contribution in [3.8, 4) is 11.5 Å². The number of ketones is 1. The van der Waals surface area contributed by atoms with Gasteiger partial charge >= 0.3 is 0 Å². The lowest BCUT2D eigenvalue weighted by Gasteiger charge is -2.28. The lowest BCUT2D eigenvalue weighted by atomic mass is 9.94. The van der Waals surface area contributed by atoms with Gasteiger partial charge in [-0.05, 0) is 55.4 Å². The van der Waals surface area contributed by atoms with Crippen LogP contribution in [0.3, 0.4) is 0 Å². The first-order valence-electron chi connectivity index (χ1n) is 11.3. The molecule has 182 valence electrons. The number of likely N-dealkylation sites (tertiary alicyclic amines) is 1. The number of hydrogen-bond acceptors (Lipinski definition) is 6. The summed E-state index contributed by atoms with van der Waals surface area (Å²) < 4.78 is 10.7. The number of amides is 1. The predicted molar refractivity (Wildman–Crippen MR) is 133 cm³/mol. The number of aliphatic hydroxyl groups excluding tert-OH is 1. The van der Waals surface area contributed by atoms with Crippen LogP contribution in [0.1, 0.15) is 36.6 Å². The van der Waals surface area contributed by atoms with Gasteiger partial charge < -0.3 is 24.4 Å². The maximum Gasteiger partial charge on any atom is 0.295 e. The van der Waals surface area contributed by atoms with Crippen molar-refractivity contribution >= 4 is 29.1 Å². The second-order valence-corrected chi connectivity index (χ2v) is 8.53. The van der Waals surface area contributed by atoms with Gasteiger partial charge in [0.05, 0.1) is 36.4 Å². The van der Waals surface area contributed by atoms with Crippen LogP contribution in [0.2, 0.25) is 5.02 Å². The number of methoxy groups -OCH3 is 2. The summed E-state index contributed by atoms with van der Waals surface area (Å²) in [5.41, 5.74) is 1.75. The number of hydrogen-bond donors (Lipinski definition) is 1. The van der Waals surface area contributed by atoms with Gasteiger partial charge in [0.25, 0.3) is 11.7 Å². The van der Waals surface area contributed by atoms with Crippen LogP contribution in [0.15, 0.2) is 42.0 Å². The zero-order chi connectivity index (χ0) is 25.0. The first-order chi connectivity index (χ1) is 16.3. The van der Waals surface area contributed by atoms with Crippen LogP contribution < -0.4 is 9.47 Å². The van der Waals surface area contributed by atoms with Crippen molar-refractivity contribution in [2.24, 2.45) is 0 Å². The number of halogens is 1. The third-order valence-electron chi connectivity index (χ3n) is 6.17. The molecule has 0 aliphatic carbocycles. The number of carbonyl (C=O) groups is 2. The molecule has 1 amide bonds. The average molecular weight is 487 g/mol. The Kier molecular flexibility index (Phi) is 8.23. The highest BCUT2D eigenvalue weighted by atomic mass is 35.5. The molecule has 0 spiro atoms. The molecule has 1 atom stereocenters. The van der Waals surface area contributed by atoms with Crippen LogP contribution in [-0.4, -0.2) is 67.0 Å². The molecule has 34 heavy (non-hydrogen) atoms. The van der Waals surface area contributed by atoms with E-state index in [2.05, 4.69) is 4.90 Å². The molecule has 2 aromatic carbocycles. The highest BCUT2D eigenvalue weighted by molar-refractivity contribution is 6.46. The lowest BCUT2D eigenvalue weighted by Crippen LogP contribution is -2.38. The maximum absolute atomic E-state index is 13.3. The molecule has 0 saturated carbocycles. The minimum atomic E-state index is -0.759. The molecule has 1 aliphatic heterocycles. The molecule has 1 fully saturated rings. The van der Waals surface area contributed by atoms with E-state index in [4.69, 9.17) is 21.1 Å². The molecule has 0 bridgehead atoms. The van der Waals surface area contributed by atoms with Crippen molar-refractivity contribution in [2.45, 2.75) is 26.8 Å². The number of aryl methyl sites for hydroxylation is 1. The summed E-state index contributed by atoms with van der Waals surface area (Å²) in [5, 5.41) is 11.7. The van der Waals surface area contributed by atoms with Gasteiger partial charge in [-0.1, -0.05) is 37.6 Å². The largest absolute Gasteiger partial charge is 0.507 e. The molecule has 7 nitrogen and oxygen atoms in total. The molecule has 1 saturated heterocycles. The van der Waals surface area contributed by atoms with E-state index >= 15 is 0 Å². The zero-order valence-corrected chi connectivity index (χ0v) is 21.0. The summed E-state index contributed by atoms with van der Waals surface area (Å²) in [7, 11) is 3.01. The minimum Gasteiger partial charge on any atom is -0.507 e. The molecule has 1 heterocycles. The van der Waals surface area contributed by atoms with Crippen LogP contribution in [-0.2, 0) is 9.59 Å². The van der Waals surface area contributed by atoms with Crippen molar-refractivity contribution in [3.63, 3.8) is 0 Å². The number of ether oxygens (including phenoxy) is 2. The first kappa shape index (κ1) is 25.6. The lowest BCUT2D eigenvalue weighted by molar-refractivity contribution is -0.140. The number of rotatable bonds is 9. The summed E-state index contributed by atoms with van der Waals surface area (Å²) in [5.74, 6) is -0.805. The van der Waals surface area contributed by atoms with Crippen LogP contribution in [0.4, 0.5) is 0 Å². The van der Waals surface area contributed by atoms with Gasteiger partial charge in [0.15, 0.2) is 0 Å². The van der Waals surface area contributed by atoms with Gasteiger partial charge in [-0.3, -0.25) is 9.59 Å². The molecule has 0 radical (unpaired) electrons. The molecule has 3 rings (SSSR count). The van der Waals surface area contributed by atoms with Gasteiger partial charge in [0, 0.05) is 13.1 Å². The molecule has 2 aromatic rings.